The Bertz CT molecular complexity index is 702. The van der Waals surface area contributed by atoms with Gasteiger partial charge >= 0.3 is 0 Å². The van der Waals surface area contributed by atoms with E-state index in [0.29, 0.717) is 19.1 Å². The van der Waals surface area contributed by atoms with Gasteiger partial charge in [-0.1, -0.05) is 46.3 Å². The van der Waals surface area contributed by atoms with Gasteiger partial charge in [0.15, 0.2) is 0 Å². The van der Waals surface area contributed by atoms with Crippen molar-refractivity contribution in [2.45, 2.75) is 38.8 Å². The van der Waals surface area contributed by atoms with Gasteiger partial charge in [0.1, 0.15) is 12.4 Å². The molecular formula is C20H22BrNO2. The maximum atomic E-state index is 12.6. The molecule has 3 rings (SSSR count). The van der Waals surface area contributed by atoms with Crippen molar-refractivity contribution in [1.29, 1.82) is 0 Å². The van der Waals surface area contributed by atoms with Crippen LogP contribution >= 0.6 is 15.9 Å². The maximum Gasteiger partial charge on any atom is 0.227 e. The van der Waals surface area contributed by atoms with Gasteiger partial charge in [-0.2, -0.15) is 0 Å². The average Bonchev–Trinajstić information content (AvgIpc) is 3.01. The van der Waals surface area contributed by atoms with Crippen LogP contribution in [0.15, 0.2) is 53.0 Å². The number of amides is 1. The third-order valence-electron chi connectivity index (χ3n) is 4.47. The zero-order valence-electron chi connectivity index (χ0n) is 13.9. The van der Waals surface area contributed by atoms with Crippen molar-refractivity contribution in [3.05, 3.63) is 64.1 Å². The molecule has 2 aromatic carbocycles. The molecule has 0 unspecified atom stereocenters. The van der Waals surface area contributed by atoms with Crippen LogP contribution in [0.25, 0.3) is 0 Å². The monoisotopic (exact) mass is 387 g/mol. The molecule has 2 aromatic rings. The van der Waals surface area contributed by atoms with Gasteiger partial charge in [-0.3, -0.25) is 4.79 Å². The van der Waals surface area contributed by atoms with Crippen LogP contribution in [-0.2, 0) is 17.8 Å². The molecule has 0 spiro atoms. The maximum absolute atomic E-state index is 12.6. The van der Waals surface area contributed by atoms with Crippen molar-refractivity contribution in [2.75, 3.05) is 6.54 Å². The molecule has 4 heteroatoms. The third kappa shape index (κ3) is 4.18. The topological polar surface area (TPSA) is 29.5 Å². The second kappa shape index (κ2) is 7.84. The predicted octanol–water partition coefficient (Wildman–Crippen LogP) is 4.58. The number of halogens is 1. The summed E-state index contributed by atoms with van der Waals surface area (Å²) in [6.07, 6.45) is 2.58. The van der Waals surface area contributed by atoms with Crippen LogP contribution in [-0.4, -0.2) is 23.4 Å². The molecule has 0 N–H and O–H groups in total. The van der Waals surface area contributed by atoms with E-state index in [1.165, 1.54) is 0 Å². The van der Waals surface area contributed by atoms with Gasteiger partial charge in [-0.05, 0) is 43.5 Å². The minimum Gasteiger partial charge on any atom is -0.489 e. The molecule has 0 radical (unpaired) electrons. The molecule has 1 aliphatic heterocycles. The summed E-state index contributed by atoms with van der Waals surface area (Å²) in [6.45, 7) is 3.50. The first-order valence-corrected chi connectivity index (χ1v) is 9.17. The highest BCUT2D eigenvalue weighted by Crippen LogP contribution is 2.26. The highest BCUT2D eigenvalue weighted by atomic mass is 79.9. The lowest BCUT2D eigenvalue weighted by molar-refractivity contribution is -0.131. The van der Waals surface area contributed by atoms with E-state index in [2.05, 4.69) is 22.9 Å². The van der Waals surface area contributed by atoms with E-state index in [9.17, 15) is 4.79 Å². The quantitative estimate of drug-likeness (QED) is 0.750. The van der Waals surface area contributed by atoms with Crippen molar-refractivity contribution >= 4 is 21.8 Å². The van der Waals surface area contributed by atoms with Crippen LogP contribution < -0.4 is 4.74 Å². The normalized spacial score (nSPS) is 17.1. The molecule has 1 fully saturated rings. The van der Waals surface area contributed by atoms with Gasteiger partial charge in [-0.15, -0.1) is 0 Å². The molecule has 1 aliphatic rings. The van der Waals surface area contributed by atoms with Crippen molar-refractivity contribution in [3.8, 4) is 5.75 Å². The standard InChI is InChI=1S/C20H22BrNO2/c1-15-6-5-11-22(15)20(23)13-17-12-18(21)9-10-19(17)24-14-16-7-3-2-4-8-16/h2-4,7-10,12,15H,5-6,11,13-14H2,1H3/t15-/m0/s1. The molecule has 1 heterocycles. The summed E-state index contributed by atoms with van der Waals surface area (Å²) in [7, 11) is 0. The molecule has 126 valence electrons. The van der Waals surface area contributed by atoms with Gasteiger partial charge < -0.3 is 9.64 Å². The molecule has 0 aromatic heterocycles. The first kappa shape index (κ1) is 17.0. The fourth-order valence-corrected chi connectivity index (χ4v) is 3.54. The SMILES string of the molecule is C[C@H]1CCCN1C(=O)Cc1cc(Br)ccc1OCc1ccccc1. The predicted molar refractivity (Wildman–Crippen MR) is 99.0 cm³/mol. The largest absolute Gasteiger partial charge is 0.489 e. The average molecular weight is 388 g/mol. The zero-order chi connectivity index (χ0) is 16.9. The fourth-order valence-electron chi connectivity index (χ4n) is 3.13. The molecule has 0 saturated carbocycles. The Morgan fingerprint density at radius 2 is 2.04 bits per heavy atom. The lowest BCUT2D eigenvalue weighted by atomic mass is 10.1. The van der Waals surface area contributed by atoms with E-state index in [1.54, 1.807) is 0 Å². The number of nitrogens with zero attached hydrogens (tertiary/aromatic N) is 1. The molecule has 24 heavy (non-hydrogen) atoms. The number of hydrogen-bond donors (Lipinski definition) is 0. The Hall–Kier alpha value is -1.81. The van der Waals surface area contributed by atoms with Gasteiger partial charge in [0, 0.05) is 22.6 Å². The Morgan fingerprint density at radius 3 is 2.75 bits per heavy atom. The first-order valence-electron chi connectivity index (χ1n) is 8.38. The summed E-state index contributed by atoms with van der Waals surface area (Å²) in [6, 6.07) is 16.3. The van der Waals surface area contributed by atoms with Crippen molar-refractivity contribution in [2.24, 2.45) is 0 Å². The van der Waals surface area contributed by atoms with Crippen molar-refractivity contribution in [3.63, 3.8) is 0 Å². The Balaban J connectivity index is 1.72. The zero-order valence-corrected chi connectivity index (χ0v) is 15.5. The Labute approximate surface area is 151 Å². The molecule has 0 bridgehead atoms. The second-order valence-electron chi connectivity index (χ2n) is 6.28. The van der Waals surface area contributed by atoms with E-state index in [1.807, 2.05) is 53.4 Å². The lowest BCUT2D eigenvalue weighted by Gasteiger charge is -2.22. The fraction of sp³-hybridized carbons (Fsp3) is 0.350. The Morgan fingerprint density at radius 1 is 1.25 bits per heavy atom. The minimum absolute atomic E-state index is 0.183. The number of benzene rings is 2. The van der Waals surface area contributed by atoms with Crippen LogP contribution in [0.5, 0.6) is 5.75 Å². The van der Waals surface area contributed by atoms with E-state index < -0.39 is 0 Å². The van der Waals surface area contributed by atoms with E-state index in [0.717, 1.165) is 40.7 Å². The van der Waals surface area contributed by atoms with E-state index in [4.69, 9.17) is 4.74 Å². The summed E-state index contributed by atoms with van der Waals surface area (Å²) in [4.78, 5) is 14.6. The van der Waals surface area contributed by atoms with Crippen molar-refractivity contribution in [1.82, 2.24) is 4.90 Å². The highest BCUT2D eigenvalue weighted by molar-refractivity contribution is 9.10. The van der Waals surface area contributed by atoms with E-state index in [-0.39, 0.29) is 5.91 Å². The van der Waals surface area contributed by atoms with Crippen molar-refractivity contribution < 1.29 is 9.53 Å². The van der Waals surface area contributed by atoms with E-state index >= 15 is 0 Å². The van der Waals surface area contributed by atoms with Crippen LogP contribution in [0.2, 0.25) is 0 Å². The summed E-state index contributed by atoms with van der Waals surface area (Å²) in [5.74, 6) is 0.963. The van der Waals surface area contributed by atoms with Gasteiger partial charge in [0.2, 0.25) is 5.91 Å². The van der Waals surface area contributed by atoms with Crippen LogP contribution in [0.1, 0.15) is 30.9 Å². The number of likely N-dealkylation sites (tertiary alicyclic amines) is 1. The minimum atomic E-state index is 0.183. The third-order valence-corrected chi connectivity index (χ3v) is 4.97. The number of carbonyl (C=O) groups is 1. The van der Waals surface area contributed by atoms with Gasteiger partial charge in [-0.25, -0.2) is 0 Å². The molecular weight excluding hydrogens is 366 g/mol. The molecule has 1 atom stereocenters. The van der Waals surface area contributed by atoms with Crippen LogP contribution in [0.4, 0.5) is 0 Å². The first-order chi connectivity index (χ1) is 11.6. The molecule has 1 amide bonds. The van der Waals surface area contributed by atoms with Gasteiger partial charge in [0.05, 0.1) is 6.42 Å². The number of ether oxygens (including phenoxy) is 1. The lowest BCUT2D eigenvalue weighted by Crippen LogP contribution is -2.34. The number of hydrogen-bond acceptors (Lipinski definition) is 2. The summed E-state index contributed by atoms with van der Waals surface area (Å²) >= 11 is 3.50. The molecule has 3 nitrogen and oxygen atoms in total. The summed E-state index contributed by atoms with van der Waals surface area (Å²) in [5.41, 5.74) is 2.05. The molecule has 1 saturated heterocycles. The smallest absolute Gasteiger partial charge is 0.227 e. The second-order valence-corrected chi connectivity index (χ2v) is 7.20. The number of carbonyl (C=O) groups excluding carboxylic acids is 1. The van der Waals surface area contributed by atoms with Gasteiger partial charge in [0.25, 0.3) is 0 Å². The molecule has 0 aliphatic carbocycles. The van der Waals surface area contributed by atoms with Crippen LogP contribution in [0.3, 0.4) is 0 Å². The summed E-state index contributed by atoms with van der Waals surface area (Å²) in [5, 5.41) is 0. The summed E-state index contributed by atoms with van der Waals surface area (Å²) < 4.78 is 6.94. The highest BCUT2D eigenvalue weighted by Gasteiger charge is 2.25. The Kier molecular flexibility index (Phi) is 5.56. The number of rotatable bonds is 5. The van der Waals surface area contributed by atoms with Crippen LogP contribution in [0, 0.1) is 0 Å².